The molecule has 25 heavy (non-hydrogen) atoms. The summed E-state index contributed by atoms with van der Waals surface area (Å²) in [6.45, 7) is 6.25. The molecule has 0 bridgehead atoms. The van der Waals surface area contributed by atoms with E-state index < -0.39 is 0 Å². The van der Waals surface area contributed by atoms with E-state index in [1.165, 1.54) is 0 Å². The highest BCUT2D eigenvalue weighted by atomic mass is 16.2. The molecule has 2 amide bonds. The smallest absolute Gasteiger partial charge is 0.255 e. The molecule has 0 fully saturated rings. The van der Waals surface area contributed by atoms with Crippen molar-refractivity contribution in [1.82, 2.24) is 0 Å². The van der Waals surface area contributed by atoms with E-state index in [1.54, 1.807) is 24.3 Å². The summed E-state index contributed by atoms with van der Waals surface area (Å²) >= 11 is 0. The number of nitrogens with one attached hydrogen (secondary N) is 2. The highest BCUT2D eigenvalue weighted by Crippen LogP contribution is 2.27. The molecule has 2 aromatic carbocycles. The lowest BCUT2D eigenvalue weighted by Crippen LogP contribution is -2.14. The summed E-state index contributed by atoms with van der Waals surface area (Å²) in [6, 6.07) is 14.9. The summed E-state index contributed by atoms with van der Waals surface area (Å²) in [6.07, 6.45) is 2.32. The lowest BCUT2D eigenvalue weighted by Gasteiger charge is -2.15. The SMILES string of the molecule is CCCC(=O)Nc1ccc(C(=O)Nc2ccccc2C(C)CC)cc1. The van der Waals surface area contributed by atoms with Gasteiger partial charge in [-0.25, -0.2) is 0 Å². The van der Waals surface area contributed by atoms with Crippen molar-refractivity contribution in [2.45, 2.75) is 46.0 Å². The molecule has 0 spiro atoms. The van der Waals surface area contributed by atoms with Crippen LogP contribution in [0.4, 0.5) is 11.4 Å². The largest absolute Gasteiger partial charge is 0.326 e. The van der Waals surface area contributed by atoms with Crippen LogP contribution in [0, 0.1) is 0 Å². The maximum atomic E-state index is 12.5. The van der Waals surface area contributed by atoms with Gasteiger partial charge in [0.25, 0.3) is 5.91 Å². The van der Waals surface area contributed by atoms with Crippen molar-refractivity contribution in [3.05, 3.63) is 59.7 Å². The third kappa shape index (κ3) is 5.18. The molecule has 2 aromatic rings. The average molecular weight is 338 g/mol. The first kappa shape index (κ1) is 18.7. The van der Waals surface area contributed by atoms with E-state index in [0.29, 0.717) is 23.6 Å². The van der Waals surface area contributed by atoms with E-state index in [-0.39, 0.29) is 11.8 Å². The zero-order valence-electron chi connectivity index (χ0n) is 15.1. The molecule has 0 heterocycles. The Morgan fingerprint density at radius 2 is 1.64 bits per heavy atom. The van der Waals surface area contributed by atoms with Gasteiger partial charge in [0.1, 0.15) is 0 Å². The molecule has 132 valence electrons. The fraction of sp³-hybridized carbons (Fsp3) is 0.333. The summed E-state index contributed by atoms with van der Waals surface area (Å²) < 4.78 is 0. The van der Waals surface area contributed by atoms with Crippen LogP contribution in [-0.4, -0.2) is 11.8 Å². The summed E-state index contributed by atoms with van der Waals surface area (Å²) in [5, 5.41) is 5.82. The summed E-state index contributed by atoms with van der Waals surface area (Å²) in [4.78, 5) is 24.1. The van der Waals surface area contributed by atoms with Gasteiger partial charge in [0.05, 0.1) is 0 Å². The number of carbonyl (C=O) groups is 2. The minimum atomic E-state index is -0.151. The van der Waals surface area contributed by atoms with Crippen LogP contribution in [0.25, 0.3) is 0 Å². The molecule has 1 atom stereocenters. The zero-order valence-corrected chi connectivity index (χ0v) is 15.1. The van der Waals surface area contributed by atoms with E-state index in [1.807, 2.05) is 25.1 Å². The van der Waals surface area contributed by atoms with Crippen LogP contribution in [0.2, 0.25) is 0 Å². The van der Waals surface area contributed by atoms with Crippen LogP contribution < -0.4 is 10.6 Å². The second-order valence-electron chi connectivity index (χ2n) is 6.23. The quantitative estimate of drug-likeness (QED) is 0.730. The Kier molecular flexibility index (Phi) is 6.75. The van der Waals surface area contributed by atoms with Gasteiger partial charge >= 0.3 is 0 Å². The summed E-state index contributed by atoms with van der Waals surface area (Å²) in [5.74, 6) is 0.219. The molecule has 0 aliphatic carbocycles. The number of anilines is 2. The lowest BCUT2D eigenvalue weighted by molar-refractivity contribution is -0.116. The summed E-state index contributed by atoms with van der Waals surface area (Å²) in [5.41, 5.74) is 3.26. The molecular weight excluding hydrogens is 312 g/mol. The number of benzene rings is 2. The highest BCUT2D eigenvalue weighted by molar-refractivity contribution is 6.05. The molecule has 2 N–H and O–H groups in total. The third-order valence-corrected chi connectivity index (χ3v) is 4.26. The maximum absolute atomic E-state index is 12.5. The molecule has 2 rings (SSSR count). The normalized spacial score (nSPS) is 11.6. The van der Waals surface area contributed by atoms with Crippen molar-refractivity contribution >= 4 is 23.2 Å². The Labute approximate surface area is 149 Å². The first-order valence-corrected chi connectivity index (χ1v) is 8.85. The Morgan fingerprint density at radius 3 is 2.28 bits per heavy atom. The van der Waals surface area contributed by atoms with Crippen molar-refractivity contribution in [2.75, 3.05) is 10.6 Å². The molecule has 0 aliphatic rings. The molecule has 0 saturated carbocycles. The zero-order chi connectivity index (χ0) is 18.2. The van der Waals surface area contributed by atoms with Gasteiger partial charge in [-0.15, -0.1) is 0 Å². The molecule has 4 nitrogen and oxygen atoms in total. The van der Waals surface area contributed by atoms with E-state index in [4.69, 9.17) is 0 Å². The van der Waals surface area contributed by atoms with Crippen LogP contribution >= 0.6 is 0 Å². The minimum absolute atomic E-state index is 0.0119. The number of amides is 2. The number of hydrogen-bond acceptors (Lipinski definition) is 2. The van der Waals surface area contributed by atoms with Gasteiger partial charge in [-0.3, -0.25) is 9.59 Å². The fourth-order valence-corrected chi connectivity index (χ4v) is 2.61. The van der Waals surface area contributed by atoms with E-state index >= 15 is 0 Å². The molecule has 0 radical (unpaired) electrons. The maximum Gasteiger partial charge on any atom is 0.255 e. The van der Waals surface area contributed by atoms with Crippen LogP contribution in [0.3, 0.4) is 0 Å². The van der Waals surface area contributed by atoms with Crippen LogP contribution in [0.1, 0.15) is 61.9 Å². The Balaban J connectivity index is 2.08. The second kappa shape index (κ2) is 9.02. The van der Waals surface area contributed by atoms with E-state index in [9.17, 15) is 9.59 Å². The van der Waals surface area contributed by atoms with Crippen molar-refractivity contribution in [3.63, 3.8) is 0 Å². The van der Waals surface area contributed by atoms with Crippen molar-refractivity contribution in [1.29, 1.82) is 0 Å². The van der Waals surface area contributed by atoms with Gasteiger partial charge in [-0.1, -0.05) is 39.0 Å². The standard InChI is InChI=1S/C21H26N2O2/c1-4-8-20(24)22-17-13-11-16(12-14-17)21(25)23-19-10-7-6-9-18(19)15(3)5-2/h6-7,9-15H,4-5,8H2,1-3H3,(H,22,24)(H,23,25). The molecule has 0 aromatic heterocycles. The van der Waals surface area contributed by atoms with Crippen LogP contribution in [0.15, 0.2) is 48.5 Å². The molecule has 1 unspecified atom stereocenters. The lowest BCUT2D eigenvalue weighted by atomic mass is 9.97. The van der Waals surface area contributed by atoms with Gasteiger partial charge in [0.15, 0.2) is 0 Å². The predicted molar refractivity (Wildman–Crippen MR) is 103 cm³/mol. The topological polar surface area (TPSA) is 58.2 Å². The first-order valence-electron chi connectivity index (χ1n) is 8.85. The Morgan fingerprint density at radius 1 is 0.960 bits per heavy atom. The predicted octanol–water partition coefficient (Wildman–Crippen LogP) is 5.19. The molecular formula is C21H26N2O2. The average Bonchev–Trinajstić information content (AvgIpc) is 2.62. The monoisotopic (exact) mass is 338 g/mol. The number of carbonyl (C=O) groups excluding carboxylic acids is 2. The van der Waals surface area contributed by atoms with Crippen molar-refractivity contribution in [2.24, 2.45) is 0 Å². The number of hydrogen-bond donors (Lipinski definition) is 2. The second-order valence-corrected chi connectivity index (χ2v) is 6.23. The van der Waals surface area contributed by atoms with E-state index in [2.05, 4.69) is 30.5 Å². The van der Waals surface area contributed by atoms with Gasteiger partial charge in [-0.2, -0.15) is 0 Å². The fourth-order valence-electron chi connectivity index (χ4n) is 2.61. The third-order valence-electron chi connectivity index (χ3n) is 4.26. The number of rotatable bonds is 7. The Hall–Kier alpha value is -2.62. The molecule has 0 aliphatic heterocycles. The van der Waals surface area contributed by atoms with Gasteiger partial charge in [-0.05, 0) is 54.7 Å². The molecule has 0 saturated heterocycles. The van der Waals surface area contributed by atoms with Gasteiger partial charge in [0.2, 0.25) is 5.91 Å². The van der Waals surface area contributed by atoms with Crippen molar-refractivity contribution < 1.29 is 9.59 Å². The molecule has 4 heteroatoms. The number of para-hydroxylation sites is 1. The van der Waals surface area contributed by atoms with E-state index in [0.717, 1.165) is 24.1 Å². The van der Waals surface area contributed by atoms with Crippen molar-refractivity contribution in [3.8, 4) is 0 Å². The summed E-state index contributed by atoms with van der Waals surface area (Å²) in [7, 11) is 0. The Bertz CT molecular complexity index is 723. The van der Waals surface area contributed by atoms with Gasteiger partial charge in [0, 0.05) is 23.4 Å². The van der Waals surface area contributed by atoms with Gasteiger partial charge < -0.3 is 10.6 Å². The highest BCUT2D eigenvalue weighted by Gasteiger charge is 2.12. The van der Waals surface area contributed by atoms with Crippen LogP contribution in [0.5, 0.6) is 0 Å². The minimum Gasteiger partial charge on any atom is -0.326 e. The first-order chi connectivity index (χ1) is 12.0. The van der Waals surface area contributed by atoms with Crippen LogP contribution in [-0.2, 0) is 4.79 Å².